The van der Waals surface area contributed by atoms with Crippen molar-refractivity contribution in [1.29, 1.82) is 0 Å². The van der Waals surface area contributed by atoms with Crippen molar-refractivity contribution in [2.45, 2.75) is 44.7 Å². The summed E-state index contributed by atoms with van der Waals surface area (Å²) < 4.78 is 4.96. The Morgan fingerprint density at radius 1 is 1.23 bits per heavy atom. The summed E-state index contributed by atoms with van der Waals surface area (Å²) in [6.45, 7) is 2.36. The van der Waals surface area contributed by atoms with Crippen LogP contribution in [0.2, 0.25) is 0 Å². The van der Waals surface area contributed by atoms with E-state index in [1.807, 2.05) is 0 Å². The molecule has 0 spiro atoms. The van der Waals surface area contributed by atoms with Gasteiger partial charge in [0.05, 0.1) is 13.5 Å². The van der Waals surface area contributed by atoms with Crippen LogP contribution in [0.15, 0.2) is 30.3 Å². The molecule has 2 aliphatic rings. The third-order valence-electron chi connectivity index (χ3n) is 5.93. The first kappa shape index (κ1) is 15.5. The van der Waals surface area contributed by atoms with Gasteiger partial charge in [-0.25, -0.2) is 0 Å². The van der Waals surface area contributed by atoms with Crippen molar-refractivity contribution >= 4 is 5.97 Å². The molecule has 0 amide bonds. The monoisotopic (exact) mass is 301 g/mol. The minimum absolute atomic E-state index is 0.0607. The Kier molecular flexibility index (Phi) is 4.53. The molecule has 3 rings (SSSR count). The summed E-state index contributed by atoms with van der Waals surface area (Å²) in [6.07, 6.45) is 4.05. The zero-order chi connectivity index (χ0) is 15.7. The lowest BCUT2D eigenvalue weighted by Gasteiger charge is -2.43. The normalized spacial score (nSPS) is 34.6. The van der Waals surface area contributed by atoms with Crippen molar-refractivity contribution < 1.29 is 9.53 Å². The van der Waals surface area contributed by atoms with Crippen molar-refractivity contribution in [2.75, 3.05) is 14.2 Å². The van der Waals surface area contributed by atoms with Gasteiger partial charge in [-0.3, -0.25) is 9.69 Å². The average molecular weight is 301 g/mol. The molecule has 2 bridgehead atoms. The fourth-order valence-corrected chi connectivity index (χ4v) is 4.76. The fraction of sp³-hybridized carbons (Fsp3) is 0.632. The molecule has 1 aromatic carbocycles. The molecule has 5 atom stereocenters. The van der Waals surface area contributed by atoms with Gasteiger partial charge < -0.3 is 4.74 Å². The van der Waals surface area contributed by atoms with Gasteiger partial charge in [-0.05, 0) is 49.6 Å². The lowest BCUT2D eigenvalue weighted by atomic mass is 9.75. The Labute approximate surface area is 133 Å². The van der Waals surface area contributed by atoms with Crippen LogP contribution in [0.4, 0.5) is 0 Å². The van der Waals surface area contributed by atoms with E-state index in [0.29, 0.717) is 30.3 Å². The van der Waals surface area contributed by atoms with E-state index in [4.69, 9.17) is 4.74 Å². The zero-order valence-corrected chi connectivity index (χ0v) is 13.9. The maximum Gasteiger partial charge on any atom is 0.305 e. The second-order valence-electron chi connectivity index (χ2n) is 7.14. The summed E-state index contributed by atoms with van der Waals surface area (Å²) in [5.41, 5.74) is 1.39. The summed E-state index contributed by atoms with van der Waals surface area (Å²) in [5.74, 6) is 1.67. The summed E-state index contributed by atoms with van der Waals surface area (Å²) >= 11 is 0. The number of ether oxygens (including phenoxy) is 1. The quantitative estimate of drug-likeness (QED) is 0.800. The number of fused-ring (bicyclic) bond motifs is 2. The Balaban J connectivity index is 1.81. The molecule has 0 aromatic heterocycles. The van der Waals surface area contributed by atoms with E-state index >= 15 is 0 Å². The third kappa shape index (κ3) is 2.91. The number of methoxy groups -OCH3 is 1. The Morgan fingerprint density at radius 3 is 2.64 bits per heavy atom. The van der Waals surface area contributed by atoms with Gasteiger partial charge in [0, 0.05) is 12.1 Å². The van der Waals surface area contributed by atoms with Gasteiger partial charge in [-0.15, -0.1) is 0 Å². The summed E-state index contributed by atoms with van der Waals surface area (Å²) in [6, 6.07) is 11.9. The maximum absolute atomic E-state index is 11.9. The highest BCUT2D eigenvalue weighted by atomic mass is 16.5. The first-order chi connectivity index (χ1) is 10.6. The van der Waals surface area contributed by atoms with Gasteiger partial charge in [-0.1, -0.05) is 37.3 Å². The third-order valence-corrected chi connectivity index (χ3v) is 5.93. The van der Waals surface area contributed by atoms with E-state index in [2.05, 4.69) is 49.2 Å². The standard InChI is InChI=1S/C19H27NO2/c1-13-9-18-16(12-19(21)22-3)15(11-17(13)20(18)2)10-14-7-5-4-6-8-14/h4-8,13,15-18H,9-12H2,1-3H3/t13-,15+,16-,17?,18?/m1/s1. The van der Waals surface area contributed by atoms with E-state index in [-0.39, 0.29) is 5.97 Å². The predicted molar refractivity (Wildman–Crippen MR) is 87.5 cm³/mol. The average Bonchev–Trinajstić information content (AvgIpc) is 2.72. The van der Waals surface area contributed by atoms with Gasteiger partial charge in [0.1, 0.15) is 0 Å². The molecular formula is C19H27NO2. The van der Waals surface area contributed by atoms with E-state index in [1.54, 1.807) is 0 Å². The summed E-state index contributed by atoms with van der Waals surface area (Å²) in [7, 11) is 3.74. The van der Waals surface area contributed by atoms with Crippen LogP contribution in [0, 0.1) is 17.8 Å². The maximum atomic E-state index is 11.9. The molecule has 0 saturated carbocycles. The highest BCUT2D eigenvalue weighted by Crippen LogP contribution is 2.46. The second kappa shape index (κ2) is 6.41. The fourth-order valence-electron chi connectivity index (χ4n) is 4.76. The highest BCUT2D eigenvalue weighted by Gasteiger charge is 2.49. The van der Waals surface area contributed by atoms with Crippen molar-refractivity contribution in [2.24, 2.45) is 17.8 Å². The zero-order valence-electron chi connectivity index (χ0n) is 13.9. The molecule has 3 heteroatoms. The van der Waals surface area contributed by atoms with Gasteiger partial charge in [0.15, 0.2) is 0 Å². The lowest BCUT2D eigenvalue weighted by molar-refractivity contribution is -0.143. The summed E-state index contributed by atoms with van der Waals surface area (Å²) in [5, 5.41) is 0. The number of carbonyl (C=O) groups is 1. The van der Waals surface area contributed by atoms with E-state index in [1.165, 1.54) is 25.5 Å². The van der Waals surface area contributed by atoms with E-state index in [0.717, 1.165) is 12.3 Å². The van der Waals surface area contributed by atoms with Gasteiger partial charge >= 0.3 is 5.97 Å². The molecular weight excluding hydrogens is 274 g/mol. The molecule has 2 saturated heterocycles. The van der Waals surface area contributed by atoms with E-state index in [9.17, 15) is 4.79 Å². The molecule has 0 aliphatic carbocycles. The van der Waals surface area contributed by atoms with Crippen LogP contribution in [0.25, 0.3) is 0 Å². The molecule has 0 radical (unpaired) electrons. The van der Waals surface area contributed by atoms with Crippen LogP contribution in [0.3, 0.4) is 0 Å². The molecule has 2 heterocycles. The van der Waals surface area contributed by atoms with Crippen molar-refractivity contribution in [1.82, 2.24) is 4.90 Å². The van der Waals surface area contributed by atoms with Crippen molar-refractivity contribution in [3.8, 4) is 0 Å². The Morgan fingerprint density at radius 2 is 1.95 bits per heavy atom. The molecule has 3 nitrogen and oxygen atoms in total. The topological polar surface area (TPSA) is 29.5 Å². The highest BCUT2D eigenvalue weighted by molar-refractivity contribution is 5.69. The molecule has 0 N–H and O–H groups in total. The molecule has 2 aliphatic heterocycles. The number of esters is 1. The first-order valence-electron chi connectivity index (χ1n) is 8.42. The lowest BCUT2D eigenvalue weighted by Crippen LogP contribution is -2.48. The van der Waals surface area contributed by atoms with Crippen LogP contribution in [0.1, 0.15) is 31.7 Å². The molecule has 120 valence electrons. The Bertz CT molecular complexity index is 515. The van der Waals surface area contributed by atoms with Gasteiger partial charge in [-0.2, -0.15) is 0 Å². The van der Waals surface area contributed by atoms with Crippen LogP contribution >= 0.6 is 0 Å². The number of rotatable bonds is 4. The largest absolute Gasteiger partial charge is 0.469 e. The van der Waals surface area contributed by atoms with Crippen LogP contribution in [0.5, 0.6) is 0 Å². The predicted octanol–water partition coefficient (Wildman–Crippen LogP) is 3.14. The van der Waals surface area contributed by atoms with Gasteiger partial charge in [0.2, 0.25) is 0 Å². The molecule has 1 aromatic rings. The summed E-state index contributed by atoms with van der Waals surface area (Å²) in [4.78, 5) is 14.4. The first-order valence-corrected chi connectivity index (χ1v) is 8.42. The van der Waals surface area contributed by atoms with Crippen molar-refractivity contribution in [3.63, 3.8) is 0 Å². The Hall–Kier alpha value is -1.35. The number of hydrogen-bond acceptors (Lipinski definition) is 3. The number of nitrogens with zero attached hydrogens (tertiary/aromatic N) is 1. The van der Waals surface area contributed by atoms with Crippen molar-refractivity contribution in [3.05, 3.63) is 35.9 Å². The smallest absolute Gasteiger partial charge is 0.305 e. The van der Waals surface area contributed by atoms with Gasteiger partial charge in [0.25, 0.3) is 0 Å². The minimum atomic E-state index is -0.0607. The number of hydrogen-bond donors (Lipinski definition) is 0. The minimum Gasteiger partial charge on any atom is -0.469 e. The molecule has 2 unspecified atom stereocenters. The molecule has 22 heavy (non-hydrogen) atoms. The van der Waals surface area contributed by atoms with Crippen LogP contribution in [-0.4, -0.2) is 37.1 Å². The van der Waals surface area contributed by atoms with Crippen LogP contribution < -0.4 is 0 Å². The number of piperidine rings is 1. The van der Waals surface area contributed by atoms with Crippen LogP contribution in [-0.2, 0) is 16.0 Å². The second-order valence-corrected chi connectivity index (χ2v) is 7.14. The molecule has 2 fully saturated rings. The van der Waals surface area contributed by atoms with E-state index < -0.39 is 0 Å². The number of carbonyl (C=O) groups excluding carboxylic acids is 1. The number of benzene rings is 1. The SMILES string of the molecule is COC(=O)C[C@H]1C2C[C@@H](C)C(C[C@@H]1Cc1ccccc1)N2C.